The third-order valence-electron chi connectivity index (χ3n) is 5.03. The maximum Gasteiger partial charge on any atom is 0.0839 e. The molecule has 3 unspecified atom stereocenters. The second-order valence-electron chi connectivity index (χ2n) is 6.19. The van der Waals surface area contributed by atoms with Gasteiger partial charge in [0.1, 0.15) is 0 Å². The SMILES string of the molecule is CN1C2CCC1CN(CC(C#N)c1ccccc1)CC2. The van der Waals surface area contributed by atoms with Crippen molar-refractivity contribution in [2.45, 2.75) is 37.3 Å². The number of benzene rings is 1. The Morgan fingerprint density at radius 3 is 2.70 bits per heavy atom. The summed E-state index contributed by atoms with van der Waals surface area (Å²) in [6.45, 7) is 3.13. The van der Waals surface area contributed by atoms with Crippen LogP contribution in [0.15, 0.2) is 30.3 Å². The van der Waals surface area contributed by atoms with Crippen molar-refractivity contribution in [2.75, 3.05) is 26.7 Å². The molecule has 0 saturated carbocycles. The van der Waals surface area contributed by atoms with E-state index in [4.69, 9.17) is 0 Å². The molecule has 3 rings (SSSR count). The first-order chi connectivity index (χ1) is 9.78. The third kappa shape index (κ3) is 2.72. The summed E-state index contributed by atoms with van der Waals surface area (Å²) in [6, 6.07) is 14.2. The zero-order valence-electron chi connectivity index (χ0n) is 12.2. The second-order valence-corrected chi connectivity index (χ2v) is 6.19. The van der Waals surface area contributed by atoms with Gasteiger partial charge in [-0.1, -0.05) is 30.3 Å². The average Bonchev–Trinajstić information content (AvgIpc) is 2.73. The van der Waals surface area contributed by atoms with Crippen molar-refractivity contribution < 1.29 is 0 Å². The number of hydrogen-bond donors (Lipinski definition) is 0. The van der Waals surface area contributed by atoms with Gasteiger partial charge in [0.2, 0.25) is 0 Å². The first-order valence-electron chi connectivity index (χ1n) is 7.67. The van der Waals surface area contributed by atoms with Gasteiger partial charge in [-0.05, 0) is 38.4 Å². The molecule has 3 nitrogen and oxygen atoms in total. The molecule has 0 spiro atoms. The number of nitriles is 1. The lowest BCUT2D eigenvalue weighted by atomic mass is 9.99. The van der Waals surface area contributed by atoms with E-state index in [1.54, 1.807) is 0 Å². The van der Waals surface area contributed by atoms with Crippen LogP contribution in [0.25, 0.3) is 0 Å². The summed E-state index contributed by atoms with van der Waals surface area (Å²) in [4.78, 5) is 5.06. The van der Waals surface area contributed by atoms with E-state index in [-0.39, 0.29) is 5.92 Å². The minimum absolute atomic E-state index is 0.00173. The van der Waals surface area contributed by atoms with Gasteiger partial charge in [-0.15, -0.1) is 0 Å². The van der Waals surface area contributed by atoms with Gasteiger partial charge in [-0.2, -0.15) is 5.26 Å². The lowest BCUT2D eigenvalue weighted by Crippen LogP contribution is -2.38. The van der Waals surface area contributed by atoms with Gasteiger partial charge in [-0.3, -0.25) is 4.90 Å². The van der Waals surface area contributed by atoms with Crippen LogP contribution in [-0.2, 0) is 0 Å². The summed E-state index contributed by atoms with van der Waals surface area (Å²) in [5.41, 5.74) is 1.15. The van der Waals surface area contributed by atoms with Gasteiger partial charge in [0.05, 0.1) is 12.0 Å². The third-order valence-corrected chi connectivity index (χ3v) is 5.03. The Kier molecular flexibility index (Phi) is 4.05. The molecule has 0 aliphatic carbocycles. The van der Waals surface area contributed by atoms with E-state index < -0.39 is 0 Å². The highest BCUT2D eigenvalue weighted by Crippen LogP contribution is 2.29. The van der Waals surface area contributed by atoms with E-state index in [0.717, 1.165) is 31.2 Å². The zero-order valence-corrected chi connectivity index (χ0v) is 12.2. The Bertz CT molecular complexity index is 479. The van der Waals surface area contributed by atoms with E-state index in [0.29, 0.717) is 6.04 Å². The summed E-state index contributed by atoms with van der Waals surface area (Å²) in [5, 5.41) is 9.48. The molecule has 2 heterocycles. The van der Waals surface area contributed by atoms with Gasteiger partial charge in [0.15, 0.2) is 0 Å². The molecule has 3 heteroatoms. The van der Waals surface area contributed by atoms with E-state index in [1.807, 2.05) is 18.2 Å². The Morgan fingerprint density at radius 1 is 1.20 bits per heavy atom. The van der Waals surface area contributed by atoms with Crippen LogP contribution in [0.1, 0.15) is 30.7 Å². The number of nitrogens with zero attached hydrogens (tertiary/aromatic N) is 3. The summed E-state index contributed by atoms with van der Waals surface area (Å²) in [5.74, 6) is -0.00173. The monoisotopic (exact) mass is 269 g/mol. The summed E-state index contributed by atoms with van der Waals surface area (Å²) >= 11 is 0. The molecule has 106 valence electrons. The number of hydrogen-bond acceptors (Lipinski definition) is 3. The Hall–Kier alpha value is -1.37. The molecule has 3 atom stereocenters. The minimum atomic E-state index is -0.00173. The molecule has 20 heavy (non-hydrogen) atoms. The van der Waals surface area contributed by atoms with Crippen molar-refractivity contribution in [3.63, 3.8) is 0 Å². The first kappa shape index (κ1) is 13.6. The lowest BCUT2D eigenvalue weighted by Gasteiger charge is -2.27. The molecule has 0 N–H and O–H groups in total. The van der Waals surface area contributed by atoms with Crippen molar-refractivity contribution in [1.82, 2.24) is 9.80 Å². The molecule has 1 aromatic rings. The fourth-order valence-electron chi connectivity index (χ4n) is 3.71. The van der Waals surface area contributed by atoms with Gasteiger partial charge in [0, 0.05) is 25.2 Å². The molecule has 0 radical (unpaired) electrons. The van der Waals surface area contributed by atoms with Crippen LogP contribution in [-0.4, -0.2) is 48.6 Å². The molecule has 0 aromatic heterocycles. The fourth-order valence-corrected chi connectivity index (χ4v) is 3.71. The topological polar surface area (TPSA) is 30.3 Å². The van der Waals surface area contributed by atoms with Crippen molar-refractivity contribution in [3.05, 3.63) is 35.9 Å². The smallest absolute Gasteiger partial charge is 0.0839 e. The standard InChI is InChI=1S/C17H23N3/c1-19-16-7-8-17(19)13-20(10-9-16)12-15(11-18)14-5-3-2-4-6-14/h2-6,15-17H,7-10,12-13H2,1H3. The Labute approximate surface area is 121 Å². The predicted octanol–water partition coefficient (Wildman–Crippen LogP) is 2.46. The highest BCUT2D eigenvalue weighted by molar-refractivity contribution is 5.25. The fraction of sp³-hybridized carbons (Fsp3) is 0.588. The van der Waals surface area contributed by atoms with Crippen molar-refractivity contribution in [1.29, 1.82) is 5.26 Å². The molecule has 2 bridgehead atoms. The zero-order chi connectivity index (χ0) is 13.9. The van der Waals surface area contributed by atoms with E-state index in [1.165, 1.54) is 19.3 Å². The molecular weight excluding hydrogens is 246 g/mol. The van der Waals surface area contributed by atoms with E-state index >= 15 is 0 Å². The maximum atomic E-state index is 9.48. The molecule has 2 saturated heterocycles. The maximum absolute atomic E-state index is 9.48. The molecule has 1 aromatic carbocycles. The largest absolute Gasteiger partial charge is 0.300 e. The van der Waals surface area contributed by atoms with E-state index in [9.17, 15) is 5.26 Å². The van der Waals surface area contributed by atoms with Crippen LogP contribution in [0.3, 0.4) is 0 Å². The normalized spacial score (nSPS) is 28.8. The molecular formula is C17H23N3. The number of likely N-dealkylation sites (tertiary alicyclic amines) is 1. The van der Waals surface area contributed by atoms with Crippen LogP contribution in [0.4, 0.5) is 0 Å². The molecule has 2 aliphatic rings. The van der Waals surface area contributed by atoms with Crippen molar-refractivity contribution >= 4 is 0 Å². The van der Waals surface area contributed by atoms with Crippen molar-refractivity contribution in [2.24, 2.45) is 0 Å². The van der Waals surface area contributed by atoms with Gasteiger partial charge in [0.25, 0.3) is 0 Å². The first-order valence-corrected chi connectivity index (χ1v) is 7.67. The van der Waals surface area contributed by atoms with Crippen molar-refractivity contribution in [3.8, 4) is 6.07 Å². The summed E-state index contributed by atoms with van der Waals surface area (Å²) in [7, 11) is 2.27. The highest BCUT2D eigenvalue weighted by atomic mass is 15.3. The Balaban J connectivity index is 1.67. The second kappa shape index (κ2) is 5.95. The van der Waals surface area contributed by atoms with Gasteiger partial charge >= 0.3 is 0 Å². The Morgan fingerprint density at radius 2 is 1.95 bits per heavy atom. The predicted molar refractivity (Wildman–Crippen MR) is 80.4 cm³/mol. The minimum Gasteiger partial charge on any atom is -0.300 e. The summed E-state index contributed by atoms with van der Waals surface area (Å²) < 4.78 is 0. The molecule has 2 fully saturated rings. The highest BCUT2D eigenvalue weighted by Gasteiger charge is 2.35. The summed E-state index contributed by atoms with van der Waals surface area (Å²) in [6.07, 6.45) is 3.93. The van der Waals surface area contributed by atoms with E-state index in [2.05, 4.69) is 35.0 Å². The van der Waals surface area contributed by atoms with Crippen LogP contribution in [0, 0.1) is 11.3 Å². The lowest BCUT2D eigenvalue weighted by molar-refractivity contribution is 0.217. The van der Waals surface area contributed by atoms with Gasteiger partial charge in [-0.25, -0.2) is 0 Å². The van der Waals surface area contributed by atoms with Crippen LogP contribution >= 0.6 is 0 Å². The van der Waals surface area contributed by atoms with Crippen LogP contribution in [0.5, 0.6) is 0 Å². The average molecular weight is 269 g/mol. The van der Waals surface area contributed by atoms with Crippen LogP contribution in [0.2, 0.25) is 0 Å². The number of rotatable bonds is 3. The van der Waals surface area contributed by atoms with Crippen LogP contribution < -0.4 is 0 Å². The van der Waals surface area contributed by atoms with Gasteiger partial charge < -0.3 is 4.90 Å². The molecule has 0 amide bonds. The number of likely N-dealkylation sites (N-methyl/N-ethyl adjacent to an activating group) is 1. The quantitative estimate of drug-likeness (QED) is 0.844. The molecule has 2 aliphatic heterocycles. The number of fused-ring (bicyclic) bond motifs is 2.